The molecule has 3 heterocycles. The zero-order valence-corrected chi connectivity index (χ0v) is 29.2. The van der Waals surface area contributed by atoms with Gasteiger partial charge in [-0.25, -0.2) is 4.85 Å². The minimum atomic E-state index is 0.514. The van der Waals surface area contributed by atoms with Gasteiger partial charge in [0, 0.05) is 41.7 Å². The van der Waals surface area contributed by atoms with Gasteiger partial charge in [0.1, 0.15) is 5.58 Å². The zero-order chi connectivity index (χ0) is 35.0. The summed E-state index contributed by atoms with van der Waals surface area (Å²) in [4.78, 5) is 4.03. The van der Waals surface area contributed by atoms with Crippen LogP contribution in [0.4, 0.5) is 5.69 Å². The molecule has 0 atom stereocenters. The van der Waals surface area contributed by atoms with Gasteiger partial charge in [0.05, 0.1) is 23.3 Å². The first kappa shape index (κ1) is 29.8. The molecule has 246 valence electrons. The van der Waals surface area contributed by atoms with Crippen molar-refractivity contribution in [1.29, 1.82) is 0 Å². The number of fused-ring (bicyclic) bond motifs is 9. The Morgan fingerprint density at radius 1 is 0.453 bits per heavy atom. The van der Waals surface area contributed by atoms with Gasteiger partial charge in [-0.05, 0) is 81.9 Å². The maximum atomic E-state index is 8.26. The maximum absolute atomic E-state index is 8.26. The van der Waals surface area contributed by atoms with Gasteiger partial charge in [0.25, 0.3) is 0 Å². The molecule has 8 aromatic carbocycles. The van der Waals surface area contributed by atoms with Crippen LogP contribution >= 0.6 is 11.3 Å². The SMILES string of the molecule is [C-]#[N+]c1cc(-c2cccc3c2sc2ccccc23)cc2c1oc1c(-n3c4ccc(-c5ccccc5)cc4c4cc(-c5ccccc5)ccc43)cccc12. The molecule has 11 rings (SSSR count). The van der Waals surface area contributed by atoms with Gasteiger partial charge in [-0.15, -0.1) is 11.3 Å². The predicted octanol–water partition coefficient (Wildman–Crippen LogP) is 14.6. The van der Waals surface area contributed by atoms with Crippen LogP contribution in [0.25, 0.3) is 108 Å². The number of furan rings is 1. The van der Waals surface area contributed by atoms with E-state index in [1.54, 1.807) is 11.3 Å². The molecule has 0 aliphatic heterocycles. The van der Waals surface area contributed by atoms with E-state index in [9.17, 15) is 0 Å². The number of benzene rings is 8. The molecule has 11 aromatic rings. The minimum absolute atomic E-state index is 0.514. The summed E-state index contributed by atoms with van der Waals surface area (Å²) in [5.41, 5.74) is 11.9. The van der Waals surface area contributed by atoms with Crippen molar-refractivity contribution in [3.8, 4) is 39.1 Å². The van der Waals surface area contributed by atoms with E-state index >= 15 is 0 Å². The maximum Gasteiger partial charge on any atom is 0.230 e. The summed E-state index contributed by atoms with van der Waals surface area (Å²) < 4.78 is 11.6. The molecule has 3 nitrogen and oxygen atoms in total. The summed E-state index contributed by atoms with van der Waals surface area (Å²) in [5.74, 6) is 0. The predicted molar refractivity (Wildman–Crippen MR) is 224 cm³/mol. The van der Waals surface area contributed by atoms with Crippen molar-refractivity contribution in [1.82, 2.24) is 4.57 Å². The summed E-state index contributed by atoms with van der Waals surface area (Å²) >= 11 is 1.81. The Hall–Kier alpha value is -6.93. The van der Waals surface area contributed by atoms with E-state index in [1.165, 1.54) is 53.2 Å². The third kappa shape index (κ3) is 4.52. The molecule has 0 fully saturated rings. The third-order valence-corrected chi connectivity index (χ3v) is 11.8. The fourth-order valence-corrected chi connectivity index (χ4v) is 9.40. The second kappa shape index (κ2) is 11.5. The van der Waals surface area contributed by atoms with Gasteiger partial charge in [-0.1, -0.05) is 121 Å². The van der Waals surface area contributed by atoms with Gasteiger partial charge >= 0.3 is 0 Å². The molecular weight excluding hydrogens is 665 g/mol. The van der Waals surface area contributed by atoms with Gasteiger partial charge in [0.15, 0.2) is 5.58 Å². The highest BCUT2D eigenvalue weighted by Crippen LogP contribution is 2.46. The fraction of sp³-hybridized carbons (Fsp3) is 0. The van der Waals surface area contributed by atoms with Gasteiger partial charge in [-0.3, -0.25) is 0 Å². The Balaban J connectivity index is 1.17. The number of hydrogen-bond donors (Lipinski definition) is 0. The van der Waals surface area contributed by atoms with Crippen LogP contribution in [-0.2, 0) is 0 Å². The molecule has 0 radical (unpaired) electrons. The average Bonchev–Trinajstić information content (AvgIpc) is 3.90. The average molecular weight is 693 g/mol. The number of hydrogen-bond acceptors (Lipinski definition) is 2. The lowest BCUT2D eigenvalue weighted by molar-refractivity contribution is 0.668. The Kier molecular flexibility index (Phi) is 6.48. The van der Waals surface area contributed by atoms with E-state index in [0.717, 1.165) is 44.2 Å². The van der Waals surface area contributed by atoms with Crippen LogP contribution in [0.15, 0.2) is 174 Å². The zero-order valence-electron chi connectivity index (χ0n) is 28.4. The van der Waals surface area contributed by atoms with Crippen molar-refractivity contribution < 1.29 is 4.42 Å². The number of aromatic nitrogens is 1. The van der Waals surface area contributed by atoms with Crippen molar-refractivity contribution in [2.75, 3.05) is 0 Å². The summed E-state index contributed by atoms with van der Waals surface area (Å²) in [6.45, 7) is 8.26. The Morgan fingerprint density at radius 2 is 1.06 bits per heavy atom. The van der Waals surface area contributed by atoms with Crippen molar-refractivity contribution in [2.24, 2.45) is 0 Å². The fourth-order valence-electron chi connectivity index (χ4n) is 8.16. The molecule has 0 bridgehead atoms. The minimum Gasteiger partial charge on any atom is -0.465 e. The van der Waals surface area contributed by atoms with E-state index in [0.29, 0.717) is 11.3 Å². The molecule has 0 aliphatic rings. The van der Waals surface area contributed by atoms with Crippen LogP contribution in [0.2, 0.25) is 0 Å². The van der Waals surface area contributed by atoms with E-state index in [1.807, 2.05) is 6.07 Å². The van der Waals surface area contributed by atoms with Crippen LogP contribution in [0, 0.1) is 6.57 Å². The first-order valence-corrected chi connectivity index (χ1v) is 18.5. The van der Waals surface area contributed by atoms with Crippen molar-refractivity contribution in [3.05, 3.63) is 181 Å². The lowest BCUT2D eigenvalue weighted by Crippen LogP contribution is -1.94. The summed E-state index contributed by atoms with van der Waals surface area (Å²) in [6.07, 6.45) is 0. The number of nitrogens with zero attached hydrogens (tertiary/aromatic N) is 2. The summed E-state index contributed by atoms with van der Waals surface area (Å²) in [5, 5.41) is 6.79. The van der Waals surface area contributed by atoms with Crippen molar-refractivity contribution in [3.63, 3.8) is 0 Å². The largest absolute Gasteiger partial charge is 0.465 e. The molecule has 4 heteroatoms. The lowest BCUT2D eigenvalue weighted by atomic mass is 9.99. The molecule has 0 saturated heterocycles. The van der Waals surface area contributed by atoms with Gasteiger partial charge in [0.2, 0.25) is 5.69 Å². The first-order valence-electron chi connectivity index (χ1n) is 17.7. The first-order chi connectivity index (χ1) is 26.2. The summed E-state index contributed by atoms with van der Waals surface area (Å²) in [7, 11) is 0. The Labute approximate surface area is 309 Å². The van der Waals surface area contributed by atoms with Crippen molar-refractivity contribution in [2.45, 2.75) is 0 Å². The third-order valence-electron chi connectivity index (χ3n) is 10.6. The topological polar surface area (TPSA) is 22.4 Å². The van der Waals surface area contributed by atoms with E-state index in [-0.39, 0.29) is 0 Å². The second-order valence-electron chi connectivity index (χ2n) is 13.6. The van der Waals surface area contributed by atoms with E-state index in [2.05, 4.69) is 173 Å². The van der Waals surface area contributed by atoms with Crippen LogP contribution in [0.5, 0.6) is 0 Å². The van der Waals surface area contributed by atoms with Crippen molar-refractivity contribution >= 4 is 80.9 Å². The van der Waals surface area contributed by atoms with E-state index < -0.39 is 0 Å². The molecule has 0 N–H and O–H groups in total. The molecular formula is C49H28N2OS. The normalized spacial score (nSPS) is 11.8. The Bertz CT molecular complexity index is 3190. The highest BCUT2D eigenvalue weighted by atomic mass is 32.1. The van der Waals surface area contributed by atoms with Crippen LogP contribution < -0.4 is 0 Å². The number of thiophene rings is 1. The van der Waals surface area contributed by atoms with Crippen LogP contribution in [0.1, 0.15) is 0 Å². The van der Waals surface area contributed by atoms with Gasteiger partial charge < -0.3 is 8.98 Å². The molecule has 0 aliphatic carbocycles. The number of rotatable bonds is 4. The molecule has 0 amide bonds. The smallest absolute Gasteiger partial charge is 0.230 e. The van der Waals surface area contributed by atoms with Crippen LogP contribution in [0.3, 0.4) is 0 Å². The van der Waals surface area contributed by atoms with Crippen LogP contribution in [-0.4, -0.2) is 4.57 Å². The summed E-state index contributed by atoms with van der Waals surface area (Å²) in [6, 6.07) is 60.3. The molecule has 0 saturated carbocycles. The Morgan fingerprint density at radius 3 is 1.75 bits per heavy atom. The molecule has 0 spiro atoms. The quantitative estimate of drug-likeness (QED) is 0.168. The number of para-hydroxylation sites is 1. The van der Waals surface area contributed by atoms with Gasteiger partial charge in [-0.2, -0.15) is 0 Å². The standard InChI is InChI=1S/C49H28N2OS/c1-50-42-29-34(35-17-10-19-38-36-16-8-9-21-46(36)53-49(35)38)28-41-37-18-11-20-45(48(37)52-47(41)42)51-43-24-22-32(30-12-4-2-5-13-30)26-39(43)40-27-33(23-25-44(40)51)31-14-6-3-7-15-31/h2-29H. The molecule has 0 unspecified atom stereocenters. The molecule has 53 heavy (non-hydrogen) atoms. The highest BCUT2D eigenvalue weighted by molar-refractivity contribution is 7.26. The molecule has 3 aromatic heterocycles. The highest BCUT2D eigenvalue weighted by Gasteiger charge is 2.21. The monoisotopic (exact) mass is 692 g/mol. The second-order valence-corrected chi connectivity index (χ2v) is 14.6. The van der Waals surface area contributed by atoms with E-state index in [4.69, 9.17) is 11.0 Å². The lowest BCUT2D eigenvalue weighted by Gasteiger charge is -2.09.